The summed E-state index contributed by atoms with van der Waals surface area (Å²) in [5.41, 5.74) is 0. The predicted molar refractivity (Wildman–Crippen MR) is 40.8 cm³/mol. The third kappa shape index (κ3) is 1.27. The quantitative estimate of drug-likeness (QED) is 0.553. The maximum atomic E-state index is 11.3. The second kappa shape index (κ2) is 3.03. The number of amides is 2. The largest absolute Gasteiger partial charge is 0.283 e. The summed E-state index contributed by atoms with van der Waals surface area (Å²) in [7, 11) is 0. The Bertz CT molecular complexity index is 189. The molecule has 1 aliphatic rings. The van der Waals surface area contributed by atoms with Gasteiger partial charge in [-0.25, -0.2) is 0 Å². The van der Waals surface area contributed by atoms with Crippen LogP contribution in [-0.4, -0.2) is 23.3 Å². The smallest absolute Gasteiger partial charge is 0.232 e. The van der Waals surface area contributed by atoms with Gasteiger partial charge >= 0.3 is 0 Å². The van der Waals surface area contributed by atoms with E-state index >= 15 is 0 Å². The molecule has 0 aromatic carbocycles. The summed E-state index contributed by atoms with van der Waals surface area (Å²) in [6, 6.07) is 0. The summed E-state index contributed by atoms with van der Waals surface area (Å²) in [4.78, 5) is 23.7. The van der Waals surface area contributed by atoms with Gasteiger partial charge in [0.05, 0.1) is 0 Å². The van der Waals surface area contributed by atoms with E-state index in [0.717, 1.165) is 6.42 Å². The molecule has 1 fully saturated rings. The molecule has 3 heteroatoms. The summed E-state index contributed by atoms with van der Waals surface area (Å²) in [6.45, 7) is 4.29. The Kier molecular flexibility index (Phi) is 2.27. The number of rotatable bonds is 2. The summed E-state index contributed by atoms with van der Waals surface area (Å²) in [5.74, 6) is -0.0354. The first kappa shape index (κ1) is 8.24. The van der Waals surface area contributed by atoms with Gasteiger partial charge in [-0.05, 0) is 13.3 Å². The number of hydrogen-bond donors (Lipinski definition) is 0. The highest BCUT2D eigenvalue weighted by atomic mass is 16.2. The van der Waals surface area contributed by atoms with E-state index in [1.54, 1.807) is 0 Å². The third-order valence-corrected chi connectivity index (χ3v) is 2.15. The lowest BCUT2D eigenvalue weighted by molar-refractivity contribution is -0.139. The third-order valence-electron chi connectivity index (χ3n) is 2.15. The molecule has 62 valence electrons. The van der Waals surface area contributed by atoms with Crippen molar-refractivity contribution in [3.63, 3.8) is 0 Å². The van der Waals surface area contributed by atoms with Gasteiger partial charge in [0.25, 0.3) is 0 Å². The number of carbonyl (C=O) groups is 2. The summed E-state index contributed by atoms with van der Waals surface area (Å²) >= 11 is 0. The molecular formula is C8H13NO2. The van der Waals surface area contributed by atoms with Crippen LogP contribution in [0.3, 0.4) is 0 Å². The predicted octanol–water partition coefficient (Wildman–Crippen LogP) is 0.791. The second-order valence-corrected chi connectivity index (χ2v) is 2.79. The lowest BCUT2D eigenvalue weighted by atomic mass is 10.1. The van der Waals surface area contributed by atoms with Gasteiger partial charge in [-0.15, -0.1) is 0 Å². The zero-order valence-electron chi connectivity index (χ0n) is 6.96. The van der Waals surface area contributed by atoms with Crippen LogP contribution in [0.25, 0.3) is 0 Å². The number of hydrogen-bond acceptors (Lipinski definition) is 2. The van der Waals surface area contributed by atoms with Crippen LogP contribution in [0.5, 0.6) is 0 Å². The normalized spacial score (nSPS) is 24.9. The average Bonchev–Trinajstić information content (AvgIpc) is 2.26. The topological polar surface area (TPSA) is 37.4 Å². The molecule has 1 rings (SSSR count). The zero-order valence-corrected chi connectivity index (χ0v) is 6.96. The van der Waals surface area contributed by atoms with Crippen molar-refractivity contribution >= 4 is 11.8 Å². The molecule has 1 heterocycles. The van der Waals surface area contributed by atoms with Crippen LogP contribution in [0.4, 0.5) is 0 Å². The van der Waals surface area contributed by atoms with Crippen LogP contribution in [0.1, 0.15) is 26.7 Å². The number of likely N-dealkylation sites (tertiary alicyclic amines) is 1. The number of carbonyl (C=O) groups excluding carboxylic acids is 2. The van der Waals surface area contributed by atoms with Gasteiger partial charge in [0.15, 0.2) is 0 Å². The lowest BCUT2D eigenvalue weighted by Gasteiger charge is -2.10. The van der Waals surface area contributed by atoms with Crippen molar-refractivity contribution < 1.29 is 9.59 Å². The molecule has 1 atom stereocenters. The fraction of sp³-hybridized carbons (Fsp3) is 0.750. The average molecular weight is 155 g/mol. The summed E-state index contributed by atoms with van der Waals surface area (Å²) < 4.78 is 0. The van der Waals surface area contributed by atoms with Crippen LogP contribution in [0.15, 0.2) is 0 Å². The first-order valence-corrected chi connectivity index (χ1v) is 4.04. The van der Waals surface area contributed by atoms with Gasteiger partial charge in [-0.1, -0.05) is 6.92 Å². The molecule has 0 N–H and O–H groups in total. The summed E-state index contributed by atoms with van der Waals surface area (Å²) in [6.07, 6.45) is 1.20. The van der Waals surface area contributed by atoms with E-state index < -0.39 is 0 Å². The van der Waals surface area contributed by atoms with E-state index in [0.29, 0.717) is 13.0 Å². The van der Waals surface area contributed by atoms with E-state index in [4.69, 9.17) is 0 Å². The van der Waals surface area contributed by atoms with E-state index in [2.05, 4.69) is 0 Å². The molecule has 0 radical (unpaired) electrons. The number of imide groups is 1. The molecule has 0 aliphatic carbocycles. The molecule has 2 amide bonds. The van der Waals surface area contributed by atoms with Crippen LogP contribution >= 0.6 is 0 Å². The SMILES string of the molecule is CCC1CC(=O)N(CC)C1=O. The summed E-state index contributed by atoms with van der Waals surface area (Å²) in [5, 5.41) is 0. The highest BCUT2D eigenvalue weighted by molar-refractivity contribution is 6.03. The Balaban J connectivity index is 2.71. The van der Waals surface area contributed by atoms with Gasteiger partial charge < -0.3 is 0 Å². The minimum Gasteiger partial charge on any atom is -0.283 e. The molecule has 0 aromatic rings. The molecule has 11 heavy (non-hydrogen) atoms. The minimum absolute atomic E-state index is 0.00986. The van der Waals surface area contributed by atoms with Crippen molar-refractivity contribution in [1.29, 1.82) is 0 Å². The molecule has 0 spiro atoms. The Morgan fingerprint density at radius 2 is 2.09 bits per heavy atom. The Labute approximate surface area is 66.4 Å². The second-order valence-electron chi connectivity index (χ2n) is 2.79. The maximum absolute atomic E-state index is 11.3. The van der Waals surface area contributed by atoms with E-state index in [9.17, 15) is 9.59 Å². The highest BCUT2D eigenvalue weighted by Crippen LogP contribution is 2.21. The van der Waals surface area contributed by atoms with Crippen LogP contribution in [0.2, 0.25) is 0 Å². The minimum atomic E-state index is -0.0394. The fourth-order valence-electron chi connectivity index (χ4n) is 1.40. The molecular weight excluding hydrogens is 142 g/mol. The van der Waals surface area contributed by atoms with Crippen LogP contribution in [-0.2, 0) is 9.59 Å². The van der Waals surface area contributed by atoms with Crippen molar-refractivity contribution in [3.05, 3.63) is 0 Å². The van der Waals surface area contributed by atoms with Gasteiger partial charge in [0.1, 0.15) is 0 Å². The lowest BCUT2D eigenvalue weighted by Crippen LogP contribution is -2.30. The molecule has 1 saturated heterocycles. The van der Waals surface area contributed by atoms with Gasteiger partial charge in [-0.3, -0.25) is 14.5 Å². The first-order valence-electron chi connectivity index (χ1n) is 4.04. The van der Waals surface area contributed by atoms with E-state index in [1.165, 1.54) is 4.90 Å². The van der Waals surface area contributed by atoms with E-state index in [1.807, 2.05) is 13.8 Å². The van der Waals surface area contributed by atoms with Crippen molar-refractivity contribution in [2.24, 2.45) is 5.92 Å². The fourth-order valence-corrected chi connectivity index (χ4v) is 1.40. The molecule has 1 unspecified atom stereocenters. The zero-order chi connectivity index (χ0) is 8.43. The van der Waals surface area contributed by atoms with Crippen molar-refractivity contribution in [3.8, 4) is 0 Å². The molecule has 0 bridgehead atoms. The van der Waals surface area contributed by atoms with Gasteiger partial charge in [0.2, 0.25) is 11.8 Å². The highest BCUT2D eigenvalue weighted by Gasteiger charge is 2.35. The molecule has 0 aromatic heterocycles. The number of nitrogens with zero attached hydrogens (tertiary/aromatic N) is 1. The molecule has 1 aliphatic heterocycles. The van der Waals surface area contributed by atoms with Gasteiger partial charge in [0, 0.05) is 18.9 Å². The van der Waals surface area contributed by atoms with Crippen LogP contribution in [0, 0.1) is 5.92 Å². The monoisotopic (exact) mass is 155 g/mol. The van der Waals surface area contributed by atoms with Crippen molar-refractivity contribution in [2.75, 3.05) is 6.54 Å². The maximum Gasteiger partial charge on any atom is 0.232 e. The Morgan fingerprint density at radius 1 is 1.45 bits per heavy atom. The van der Waals surface area contributed by atoms with Crippen molar-refractivity contribution in [1.82, 2.24) is 4.90 Å². The Morgan fingerprint density at radius 3 is 2.36 bits per heavy atom. The molecule has 3 nitrogen and oxygen atoms in total. The van der Waals surface area contributed by atoms with Gasteiger partial charge in [-0.2, -0.15) is 0 Å². The van der Waals surface area contributed by atoms with Crippen molar-refractivity contribution in [2.45, 2.75) is 26.7 Å². The van der Waals surface area contributed by atoms with E-state index in [-0.39, 0.29) is 17.7 Å². The molecule has 0 saturated carbocycles. The first-order chi connectivity index (χ1) is 5.20. The van der Waals surface area contributed by atoms with Crippen LogP contribution < -0.4 is 0 Å². The standard InChI is InChI=1S/C8H13NO2/c1-3-6-5-7(10)9(4-2)8(6)11/h6H,3-5H2,1-2H3. The Hall–Kier alpha value is -0.860.